The largest absolute Gasteiger partial charge is 0.375 e. The number of nitrogens with zero attached hydrogens (tertiary/aromatic N) is 2. The SMILES string of the molecule is CC1CN(C(=O)C2CCN(S(=O)(=O)c3cccs3)CC2)CCO1. The molecule has 6 nitrogen and oxygen atoms in total. The lowest BCUT2D eigenvalue weighted by atomic mass is 9.96. The highest BCUT2D eigenvalue weighted by molar-refractivity contribution is 7.91. The lowest BCUT2D eigenvalue weighted by molar-refractivity contribution is -0.143. The van der Waals surface area contributed by atoms with E-state index in [1.54, 1.807) is 17.5 Å². The van der Waals surface area contributed by atoms with E-state index in [0.717, 1.165) is 0 Å². The Morgan fingerprint density at radius 1 is 1.30 bits per heavy atom. The fraction of sp³-hybridized carbons (Fsp3) is 0.667. The minimum atomic E-state index is -3.39. The van der Waals surface area contributed by atoms with Crippen LogP contribution in [0.5, 0.6) is 0 Å². The molecule has 2 aliphatic heterocycles. The van der Waals surface area contributed by atoms with Crippen molar-refractivity contribution in [3.05, 3.63) is 17.5 Å². The molecule has 0 radical (unpaired) electrons. The van der Waals surface area contributed by atoms with Crippen LogP contribution in [0.3, 0.4) is 0 Å². The number of piperidine rings is 1. The normalized spacial score (nSPS) is 24.7. The molecule has 2 saturated heterocycles. The first-order valence-electron chi connectivity index (χ1n) is 7.92. The van der Waals surface area contributed by atoms with E-state index < -0.39 is 10.0 Å². The van der Waals surface area contributed by atoms with Gasteiger partial charge in [-0.2, -0.15) is 4.31 Å². The summed E-state index contributed by atoms with van der Waals surface area (Å²) in [5.74, 6) is 0.0726. The second kappa shape index (κ2) is 6.88. The first-order chi connectivity index (χ1) is 11.0. The number of hydrogen-bond donors (Lipinski definition) is 0. The van der Waals surface area contributed by atoms with Gasteiger partial charge in [0.1, 0.15) is 4.21 Å². The van der Waals surface area contributed by atoms with E-state index in [1.165, 1.54) is 15.6 Å². The molecular formula is C15H22N2O4S2. The lowest BCUT2D eigenvalue weighted by Gasteiger charge is -2.36. The fourth-order valence-electron chi connectivity index (χ4n) is 3.16. The quantitative estimate of drug-likeness (QED) is 0.819. The van der Waals surface area contributed by atoms with Gasteiger partial charge in [-0.15, -0.1) is 11.3 Å². The Kier molecular flexibility index (Phi) is 5.05. The van der Waals surface area contributed by atoms with Crippen LogP contribution < -0.4 is 0 Å². The van der Waals surface area contributed by atoms with Crippen LogP contribution in [-0.2, 0) is 19.6 Å². The number of amides is 1. The van der Waals surface area contributed by atoms with Crippen molar-refractivity contribution in [1.29, 1.82) is 0 Å². The van der Waals surface area contributed by atoms with E-state index >= 15 is 0 Å². The van der Waals surface area contributed by atoms with Crippen molar-refractivity contribution in [3.63, 3.8) is 0 Å². The predicted molar refractivity (Wildman–Crippen MR) is 87.8 cm³/mol. The second-order valence-electron chi connectivity index (χ2n) is 6.08. The van der Waals surface area contributed by atoms with Gasteiger partial charge in [-0.05, 0) is 31.2 Å². The Hall–Kier alpha value is -0.960. The summed E-state index contributed by atoms with van der Waals surface area (Å²) in [6, 6.07) is 3.37. The van der Waals surface area contributed by atoms with Crippen LogP contribution in [0.25, 0.3) is 0 Å². The number of sulfonamides is 1. The minimum absolute atomic E-state index is 0.0740. The van der Waals surface area contributed by atoms with Crippen LogP contribution in [0.1, 0.15) is 19.8 Å². The summed E-state index contributed by atoms with van der Waals surface area (Å²) in [6.45, 7) is 4.64. The number of carbonyl (C=O) groups is 1. The van der Waals surface area contributed by atoms with Gasteiger partial charge >= 0.3 is 0 Å². The van der Waals surface area contributed by atoms with E-state index in [-0.39, 0.29) is 17.9 Å². The maximum Gasteiger partial charge on any atom is 0.252 e. The zero-order valence-electron chi connectivity index (χ0n) is 13.2. The summed E-state index contributed by atoms with van der Waals surface area (Å²) in [6.07, 6.45) is 1.26. The Balaban J connectivity index is 1.59. The highest BCUT2D eigenvalue weighted by Gasteiger charge is 2.35. The van der Waals surface area contributed by atoms with Crippen LogP contribution >= 0.6 is 11.3 Å². The molecule has 0 bridgehead atoms. The van der Waals surface area contributed by atoms with Gasteiger partial charge in [0.15, 0.2) is 0 Å². The summed E-state index contributed by atoms with van der Waals surface area (Å²) in [7, 11) is -3.39. The van der Waals surface area contributed by atoms with Gasteiger partial charge in [0, 0.05) is 32.1 Å². The van der Waals surface area contributed by atoms with Crippen LogP contribution in [-0.4, -0.2) is 62.4 Å². The summed E-state index contributed by atoms with van der Waals surface area (Å²) in [5, 5.41) is 1.77. The van der Waals surface area contributed by atoms with E-state index in [4.69, 9.17) is 4.74 Å². The van der Waals surface area contributed by atoms with Crippen molar-refractivity contribution in [2.75, 3.05) is 32.8 Å². The maximum atomic E-state index is 12.6. The third-order valence-corrected chi connectivity index (χ3v) is 7.72. The maximum absolute atomic E-state index is 12.6. The Morgan fingerprint density at radius 3 is 2.65 bits per heavy atom. The monoisotopic (exact) mass is 358 g/mol. The van der Waals surface area contributed by atoms with Gasteiger partial charge in [0.2, 0.25) is 5.91 Å². The first kappa shape index (κ1) is 16.9. The van der Waals surface area contributed by atoms with Gasteiger partial charge in [-0.3, -0.25) is 4.79 Å². The molecule has 2 fully saturated rings. The molecular weight excluding hydrogens is 336 g/mol. The smallest absolute Gasteiger partial charge is 0.252 e. The van der Waals surface area contributed by atoms with Gasteiger partial charge < -0.3 is 9.64 Å². The van der Waals surface area contributed by atoms with E-state index in [1.807, 2.05) is 11.8 Å². The van der Waals surface area contributed by atoms with E-state index in [2.05, 4.69) is 0 Å². The van der Waals surface area contributed by atoms with E-state index in [9.17, 15) is 13.2 Å². The standard InChI is InChI=1S/C15H22N2O4S2/c1-12-11-16(8-9-21-12)15(18)13-4-6-17(7-5-13)23(19,20)14-3-2-10-22-14/h2-3,10,12-13H,4-9,11H2,1H3. The molecule has 1 unspecified atom stereocenters. The molecule has 0 saturated carbocycles. The van der Waals surface area contributed by atoms with Crippen LogP contribution in [0.15, 0.2) is 21.7 Å². The van der Waals surface area contributed by atoms with Crippen LogP contribution in [0.4, 0.5) is 0 Å². The highest BCUT2D eigenvalue weighted by atomic mass is 32.2. The number of morpholine rings is 1. The number of thiophene rings is 1. The molecule has 128 valence electrons. The van der Waals surface area contributed by atoms with Crippen molar-refractivity contribution in [2.24, 2.45) is 5.92 Å². The second-order valence-corrected chi connectivity index (χ2v) is 9.19. The molecule has 8 heteroatoms. The van der Waals surface area contributed by atoms with Crippen molar-refractivity contribution in [2.45, 2.75) is 30.1 Å². The lowest BCUT2D eigenvalue weighted by Crippen LogP contribution is -2.49. The molecule has 1 atom stereocenters. The Labute approximate surface area is 141 Å². The van der Waals surface area contributed by atoms with Crippen molar-refractivity contribution >= 4 is 27.3 Å². The average molecular weight is 358 g/mol. The number of hydrogen-bond acceptors (Lipinski definition) is 5. The Morgan fingerprint density at radius 2 is 2.04 bits per heavy atom. The first-order valence-corrected chi connectivity index (χ1v) is 10.2. The number of rotatable bonds is 3. The van der Waals surface area contributed by atoms with Gasteiger partial charge in [-0.1, -0.05) is 6.07 Å². The fourth-order valence-corrected chi connectivity index (χ4v) is 5.77. The third-order valence-electron chi connectivity index (χ3n) is 4.45. The molecule has 0 N–H and O–H groups in total. The molecule has 0 spiro atoms. The number of carbonyl (C=O) groups excluding carboxylic acids is 1. The summed E-state index contributed by atoms with van der Waals surface area (Å²) < 4.78 is 32.3. The van der Waals surface area contributed by atoms with Crippen molar-refractivity contribution < 1.29 is 17.9 Å². The molecule has 3 heterocycles. The molecule has 1 aromatic rings. The van der Waals surface area contributed by atoms with Crippen molar-refractivity contribution in [1.82, 2.24) is 9.21 Å². The molecule has 1 aromatic heterocycles. The topological polar surface area (TPSA) is 66.9 Å². The van der Waals surface area contributed by atoms with E-state index in [0.29, 0.717) is 49.8 Å². The Bertz CT molecular complexity index is 636. The molecule has 1 amide bonds. The summed E-state index contributed by atoms with van der Waals surface area (Å²) in [4.78, 5) is 14.5. The van der Waals surface area contributed by atoms with Gasteiger partial charge in [0.05, 0.1) is 12.7 Å². The zero-order valence-corrected chi connectivity index (χ0v) is 14.8. The summed E-state index contributed by atoms with van der Waals surface area (Å²) >= 11 is 1.23. The van der Waals surface area contributed by atoms with Crippen molar-refractivity contribution in [3.8, 4) is 0 Å². The molecule has 3 rings (SSSR count). The summed E-state index contributed by atoms with van der Waals surface area (Å²) in [5.41, 5.74) is 0. The molecule has 0 aromatic carbocycles. The number of ether oxygens (including phenoxy) is 1. The molecule has 2 aliphatic rings. The minimum Gasteiger partial charge on any atom is -0.375 e. The predicted octanol–water partition coefficient (Wildman–Crippen LogP) is 1.40. The van der Waals surface area contributed by atoms with Crippen LogP contribution in [0.2, 0.25) is 0 Å². The third kappa shape index (κ3) is 3.60. The average Bonchev–Trinajstić information content (AvgIpc) is 3.09. The molecule has 23 heavy (non-hydrogen) atoms. The van der Waals surface area contributed by atoms with Crippen LogP contribution in [0, 0.1) is 5.92 Å². The van der Waals surface area contributed by atoms with Gasteiger partial charge in [-0.25, -0.2) is 8.42 Å². The van der Waals surface area contributed by atoms with Gasteiger partial charge in [0.25, 0.3) is 10.0 Å². The molecule has 0 aliphatic carbocycles. The zero-order chi connectivity index (χ0) is 16.4. The highest BCUT2D eigenvalue weighted by Crippen LogP contribution is 2.27.